The van der Waals surface area contributed by atoms with E-state index in [9.17, 15) is 9.59 Å². The summed E-state index contributed by atoms with van der Waals surface area (Å²) in [6.07, 6.45) is 6.80. The molecule has 0 radical (unpaired) electrons. The average Bonchev–Trinajstić information content (AvgIpc) is 3.29. The molecule has 2 heterocycles. The first-order valence-electron chi connectivity index (χ1n) is 11.5. The van der Waals surface area contributed by atoms with Crippen LogP contribution in [-0.2, 0) is 13.1 Å². The van der Waals surface area contributed by atoms with Crippen LogP contribution in [0.25, 0.3) is 0 Å². The van der Waals surface area contributed by atoms with Gasteiger partial charge >= 0.3 is 0 Å². The van der Waals surface area contributed by atoms with Crippen LogP contribution in [0.2, 0.25) is 10.0 Å². The first-order chi connectivity index (χ1) is 16.9. The van der Waals surface area contributed by atoms with Crippen molar-refractivity contribution in [2.24, 2.45) is 0 Å². The molecule has 1 N–H and O–H groups in total. The second-order valence-corrected chi connectivity index (χ2v) is 9.76. The molecule has 0 saturated heterocycles. The summed E-state index contributed by atoms with van der Waals surface area (Å²) in [6, 6.07) is 18.8. The van der Waals surface area contributed by atoms with E-state index in [1.165, 1.54) is 0 Å². The van der Waals surface area contributed by atoms with Gasteiger partial charge in [-0.2, -0.15) is 5.10 Å². The van der Waals surface area contributed by atoms with E-state index in [-0.39, 0.29) is 17.5 Å². The van der Waals surface area contributed by atoms with E-state index < -0.39 is 0 Å². The summed E-state index contributed by atoms with van der Waals surface area (Å²) in [5.74, 6) is 0.179. The molecule has 0 bridgehead atoms. The van der Waals surface area contributed by atoms with Gasteiger partial charge in [0.05, 0.1) is 24.8 Å². The highest BCUT2D eigenvalue weighted by Gasteiger charge is 2.33. The molecule has 1 saturated carbocycles. The molecule has 0 unspecified atom stereocenters. The molecule has 35 heavy (non-hydrogen) atoms. The van der Waals surface area contributed by atoms with Crippen molar-refractivity contribution in [2.45, 2.75) is 37.9 Å². The number of pyridine rings is 1. The van der Waals surface area contributed by atoms with E-state index >= 15 is 0 Å². The number of nitrogens with one attached hydrogen (secondary N) is 1. The van der Waals surface area contributed by atoms with Crippen molar-refractivity contribution < 1.29 is 4.79 Å². The number of hydrogen-bond acceptors (Lipinski definition) is 3. The van der Waals surface area contributed by atoms with Gasteiger partial charge in [-0.3, -0.25) is 14.3 Å². The third-order valence-electron chi connectivity index (χ3n) is 6.39. The van der Waals surface area contributed by atoms with Gasteiger partial charge in [-0.05, 0) is 59.7 Å². The molecule has 6 nitrogen and oxygen atoms in total. The van der Waals surface area contributed by atoms with Crippen LogP contribution in [0, 0.1) is 0 Å². The van der Waals surface area contributed by atoms with E-state index in [2.05, 4.69) is 10.4 Å². The highest BCUT2D eigenvalue weighted by atomic mass is 35.5. The van der Waals surface area contributed by atoms with Gasteiger partial charge in [-0.25, -0.2) is 0 Å². The van der Waals surface area contributed by atoms with Crippen molar-refractivity contribution in [1.29, 1.82) is 0 Å². The summed E-state index contributed by atoms with van der Waals surface area (Å²) in [7, 11) is 0. The summed E-state index contributed by atoms with van der Waals surface area (Å²) in [6.45, 7) is 1.08. The number of rotatable bonds is 7. The Labute approximate surface area is 213 Å². The van der Waals surface area contributed by atoms with Gasteiger partial charge in [0.2, 0.25) is 0 Å². The normalized spacial score (nSPS) is 17.1. The molecule has 0 aliphatic heterocycles. The fraction of sp³-hybridized carbons (Fsp3) is 0.222. The molecule has 1 fully saturated rings. The Balaban J connectivity index is 1.14. The number of nitrogens with zero attached hydrogens (tertiary/aromatic N) is 3. The summed E-state index contributed by atoms with van der Waals surface area (Å²) in [5.41, 5.74) is 3.66. The van der Waals surface area contributed by atoms with Crippen molar-refractivity contribution >= 4 is 29.1 Å². The lowest BCUT2D eigenvalue weighted by Crippen LogP contribution is -2.43. The van der Waals surface area contributed by atoms with Crippen molar-refractivity contribution in [3.05, 3.63) is 122 Å². The Hall–Kier alpha value is -3.35. The lowest BCUT2D eigenvalue weighted by Gasteiger charge is -2.36. The quantitative estimate of drug-likeness (QED) is 0.378. The summed E-state index contributed by atoms with van der Waals surface area (Å²) in [5, 5.41) is 8.82. The number of amides is 1. The van der Waals surface area contributed by atoms with Crippen LogP contribution in [0.3, 0.4) is 0 Å². The molecule has 1 amide bonds. The van der Waals surface area contributed by atoms with Crippen molar-refractivity contribution in [3.63, 3.8) is 0 Å². The number of aromatic nitrogens is 3. The number of benzene rings is 2. The Kier molecular flexibility index (Phi) is 6.75. The minimum absolute atomic E-state index is 0.0235. The number of hydrogen-bond donors (Lipinski definition) is 1. The second kappa shape index (κ2) is 10.1. The lowest BCUT2D eigenvalue weighted by atomic mass is 9.76. The zero-order valence-electron chi connectivity index (χ0n) is 18.9. The van der Waals surface area contributed by atoms with Crippen LogP contribution in [0.1, 0.15) is 45.8 Å². The number of carbonyl (C=O) groups is 1. The average molecular weight is 507 g/mol. The molecular formula is C27H24Cl2N4O2. The van der Waals surface area contributed by atoms with Crippen molar-refractivity contribution in [3.8, 4) is 0 Å². The van der Waals surface area contributed by atoms with E-state index in [1.54, 1.807) is 46.0 Å². The first-order valence-corrected chi connectivity index (χ1v) is 12.2. The zero-order valence-corrected chi connectivity index (χ0v) is 20.4. The monoisotopic (exact) mass is 506 g/mol. The van der Waals surface area contributed by atoms with Crippen LogP contribution in [-0.4, -0.2) is 26.3 Å². The maximum atomic E-state index is 12.7. The minimum atomic E-state index is -0.124. The summed E-state index contributed by atoms with van der Waals surface area (Å²) >= 11 is 12.4. The fourth-order valence-corrected chi connectivity index (χ4v) is 4.83. The Bertz CT molecular complexity index is 1410. The third-order valence-corrected chi connectivity index (χ3v) is 6.97. The molecular weight excluding hydrogens is 483 g/mol. The highest BCUT2D eigenvalue weighted by molar-refractivity contribution is 6.33. The molecule has 1 aliphatic rings. The first kappa shape index (κ1) is 23.4. The third kappa shape index (κ3) is 5.50. The Morgan fingerprint density at radius 2 is 1.74 bits per heavy atom. The molecule has 5 rings (SSSR count). The second-order valence-electron chi connectivity index (χ2n) is 8.91. The molecule has 0 spiro atoms. The van der Waals surface area contributed by atoms with Gasteiger partial charge in [-0.1, -0.05) is 53.5 Å². The van der Waals surface area contributed by atoms with E-state index in [0.717, 1.165) is 29.5 Å². The van der Waals surface area contributed by atoms with Crippen LogP contribution >= 0.6 is 23.2 Å². The maximum Gasteiger partial charge on any atom is 0.254 e. The highest BCUT2D eigenvalue weighted by Crippen LogP contribution is 2.41. The van der Waals surface area contributed by atoms with Crippen LogP contribution in [0.4, 0.5) is 0 Å². The van der Waals surface area contributed by atoms with Crippen molar-refractivity contribution in [1.82, 2.24) is 19.7 Å². The van der Waals surface area contributed by atoms with Crippen LogP contribution in [0.5, 0.6) is 0 Å². The number of carbonyl (C=O) groups excluding carboxylic acids is 1. The smallest absolute Gasteiger partial charge is 0.254 e. The molecule has 4 aromatic rings. The summed E-state index contributed by atoms with van der Waals surface area (Å²) < 4.78 is 3.42. The molecule has 1 aliphatic carbocycles. The standard InChI is InChI=1S/C27H24Cl2N4O2/c28-22-8-9-25(29)24(13-22)20-11-23(12-20)31-27(35)21-14-30-33(17-21)16-19-6-4-18(5-7-19)15-32-10-2-1-3-26(32)34/h1-10,13-14,17,20,23H,11-12,15-16H2,(H,31,35)/t20-,23+. The fourth-order valence-electron chi connectivity index (χ4n) is 4.38. The molecule has 8 heteroatoms. The molecule has 2 aromatic carbocycles. The molecule has 178 valence electrons. The molecule has 0 atom stereocenters. The van der Waals surface area contributed by atoms with Gasteiger partial charge in [0.1, 0.15) is 0 Å². The van der Waals surface area contributed by atoms with Gasteiger partial charge in [0.15, 0.2) is 0 Å². The predicted octanol–water partition coefficient (Wildman–Crippen LogP) is 5.12. The van der Waals surface area contributed by atoms with Gasteiger partial charge in [-0.15, -0.1) is 0 Å². The van der Waals surface area contributed by atoms with Gasteiger partial charge < -0.3 is 9.88 Å². The van der Waals surface area contributed by atoms with Gasteiger partial charge in [0.25, 0.3) is 11.5 Å². The van der Waals surface area contributed by atoms with E-state index in [0.29, 0.717) is 34.6 Å². The topological polar surface area (TPSA) is 68.9 Å². The Morgan fingerprint density at radius 3 is 2.49 bits per heavy atom. The van der Waals surface area contributed by atoms with E-state index in [4.69, 9.17) is 23.2 Å². The van der Waals surface area contributed by atoms with Crippen molar-refractivity contribution in [2.75, 3.05) is 0 Å². The maximum absolute atomic E-state index is 12.7. The zero-order chi connectivity index (χ0) is 24.4. The van der Waals surface area contributed by atoms with Gasteiger partial charge in [0, 0.05) is 34.5 Å². The minimum Gasteiger partial charge on any atom is -0.349 e. The van der Waals surface area contributed by atoms with E-state index in [1.807, 2.05) is 42.5 Å². The predicted molar refractivity (Wildman–Crippen MR) is 137 cm³/mol. The van der Waals surface area contributed by atoms with Crippen LogP contribution < -0.4 is 10.9 Å². The Morgan fingerprint density at radius 1 is 1.00 bits per heavy atom. The largest absolute Gasteiger partial charge is 0.349 e. The number of halogens is 2. The molecule has 2 aromatic heterocycles. The lowest BCUT2D eigenvalue weighted by molar-refractivity contribution is 0.0909. The van der Waals surface area contributed by atoms with Crippen LogP contribution in [0.15, 0.2) is 84.0 Å². The SMILES string of the molecule is O=C(N[C@H]1C[C@@H](c2cc(Cl)ccc2Cl)C1)c1cnn(Cc2ccc(Cn3ccccc3=O)cc2)c1. The summed E-state index contributed by atoms with van der Waals surface area (Å²) in [4.78, 5) is 24.6.